The predicted molar refractivity (Wildman–Crippen MR) is 46.9 cm³/mol. The van der Waals surface area contributed by atoms with Gasteiger partial charge < -0.3 is 5.11 Å². The van der Waals surface area contributed by atoms with Crippen LogP contribution in [0.25, 0.3) is 0 Å². The van der Waals surface area contributed by atoms with E-state index in [0.717, 1.165) is 13.0 Å². The molecule has 4 heteroatoms. The van der Waals surface area contributed by atoms with Crippen LogP contribution >= 0.6 is 0 Å². The molecule has 0 radical (unpaired) electrons. The minimum absolute atomic E-state index is 0.0312. The monoisotopic (exact) mass is 193 g/mol. The summed E-state index contributed by atoms with van der Waals surface area (Å²) in [5.41, 5.74) is 0. The Morgan fingerprint density at radius 1 is 1.31 bits per heavy atom. The molecule has 0 spiro atoms. The van der Waals surface area contributed by atoms with E-state index in [2.05, 4.69) is 0 Å². The van der Waals surface area contributed by atoms with Gasteiger partial charge in [-0.2, -0.15) is 0 Å². The van der Waals surface area contributed by atoms with Crippen LogP contribution in [-0.4, -0.2) is 42.2 Å². The molecule has 0 atom stereocenters. The van der Waals surface area contributed by atoms with E-state index >= 15 is 0 Å². The van der Waals surface area contributed by atoms with Crippen molar-refractivity contribution in [2.24, 2.45) is 0 Å². The maximum Gasteiger partial charge on any atom is 0.260 e. The number of unbranched alkanes of at least 4 members (excludes halogenated alkanes) is 1. The predicted octanol–water partition coefficient (Wildman–Crippen LogP) is 1.49. The smallest absolute Gasteiger partial charge is 0.260 e. The number of likely N-dealkylation sites (tertiary alicyclic amines) is 1. The highest BCUT2D eigenvalue weighted by Crippen LogP contribution is 2.26. The van der Waals surface area contributed by atoms with Gasteiger partial charge in [-0.3, -0.25) is 4.90 Å². The second kappa shape index (κ2) is 4.86. The molecule has 0 bridgehead atoms. The first-order chi connectivity index (χ1) is 6.14. The summed E-state index contributed by atoms with van der Waals surface area (Å²) in [6.07, 6.45) is 2.14. The highest BCUT2D eigenvalue weighted by Gasteiger charge is 2.34. The molecule has 1 fully saturated rings. The van der Waals surface area contributed by atoms with Crippen molar-refractivity contribution in [3.63, 3.8) is 0 Å². The highest BCUT2D eigenvalue weighted by atomic mass is 19.3. The topological polar surface area (TPSA) is 23.5 Å². The van der Waals surface area contributed by atoms with Gasteiger partial charge in [0.15, 0.2) is 0 Å². The molecule has 0 amide bonds. The Bertz CT molecular complexity index is 153. The molecule has 1 aliphatic heterocycles. The summed E-state index contributed by atoms with van der Waals surface area (Å²) in [4.78, 5) is 1.79. The first-order valence-electron chi connectivity index (χ1n) is 4.85. The average Bonchev–Trinajstić information content (AvgIpc) is 2.03. The lowest BCUT2D eigenvalue weighted by Crippen LogP contribution is -2.42. The average molecular weight is 193 g/mol. The molecule has 1 rings (SSSR count). The molecule has 0 aliphatic carbocycles. The Morgan fingerprint density at radius 3 is 2.69 bits per heavy atom. The zero-order valence-electron chi connectivity index (χ0n) is 7.81. The van der Waals surface area contributed by atoms with Crippen molar-refractivity contribution in [3.8, 4) is 0 Å². The standard InChI is InChI=1S/C9H17F2NO/c10-9(11)4-3-6-12(8-9)5-1-2-7-13/h13H,1-8H2. The van der Waals surface area contributed by atoms with Gasteiger partial charge in [-0.05, 0) is 32.4 Å². The Balaban J connectivity index is 2.19. The van der Waals surface area contributed by atoms with Gasteiger partial charge in [0, 0.05) is 13.0 Å². The van der Waals surface area contributed by atoms with Crippen LogP contribution in [0.4, 0.5) is 8.78 Å². The van der Waals surface area contributed by atoms with Gasteiger partial charge in [0.25, 0.3) is 5.92 Å². The van der Waals surface area contributed by atoms with E-state index in [1.54, 1.807) is 4.90 Å². The van der Waals surface area contributed by atoms with Crippen molar-refractivity contribution in [2.75, 3.05) is 26.2 Å². The van der Waals surface area contributed by atoms with Gasteiger partial charge in [0.2, 0.25) is 0 Å². The molecule has 1 saturated heterocycles. The summed E-state index contributed by atoms with van der Waals surface area (Å²) >= 11 is 0. The van der Waals surface area contributed by atoms with Crippen LogP contribution < -0.4 is 0 Å². The molecule has 0 unspecified atom stereocenters. The minimum atomic E-state index is -2.49. The van der Waals surface area contributed by atoms with Crippen molar-refractivity contribution < 1.29 is 13.9 Å². The fourth-order valence-electron chi connectivity index (χ4n) is 1.68. The summed E-state index contributed by atoms with van der Waals surface area (Å²) in [7, 11) is 0. The number of hydrogen-bond acceptors (Lipinski definition) is 2. The zero-order valence-corrected chi connectivity index (χ0v) is 7.81. The molecule has 1 heterocycles. The molecule has 2 nitrogen and oxygen atoms in total. The van der Waals surface area contributed by atoms with Crippen molar-refractivity contribution in [1.82, 2.24) is 4.90 Å². The quantitative estimate of drug-likeness (QED) is 0.684. The van der Waals surface area contributed by atoms with Crippen LogP contribution in [0, 0.1) is 0 Å². The third-order valence-electron chi connectivity index (χ3n) is 2.35. The van der Waals surface area contributed by atoms with Crippen molar-refractivity contribution in [1.29, 1.82) is 0 Å². The summed E-state index contributed by atoms with van der Waals surface area (Å²) in [6, 6.07) is 0. The first kappa shape index (κ1) is 10.9. The number of nitrogens with zero attached hydrogens (tertiary/aromatic N) is 1. The molecule has 0 aromatic heterocycles. The number of aliphatic hydroxyl groups is 1. The maximum atomic E-state index is 12.9. The van der Waals surface area contributed by atoms with Crippen LogP contribution in [-0.2, 0) is 0 Å². The number of rotatable bonds is 4. The van der Waals surface area contributed by atoms with E-state index in [9.17, 15) is 8.78 Å². The summed E-state index contributed by atoms with van der Waals surface area (Å²) in [5.74, 6) is -2.49. The van der Waals surface area contributed by atoms with Gasteiger partial charge in [-0.25, -0.2) is 8.78 Å². The molecule has 13 heavy (non-hydrogen) atoms. The van der Waals surface area contributed by atoms with E-state index in [4.69, 9.17) is 5.11 Å². The van der Waals surface area contributed by atoms with Gasteiger partial charge in [-0.15, -0.1) is 0 Å². The molecule has 1 N–H and O–H groups in total. The number of piperidine rings is 1. The summed E-state index contributed by atoms with van der Waals surface area (Å²) in [6.45, 7) is 1.53. The lowest BCUT2D eigenvalue weighted by molar-refractivity contribution is -0.0641. The summed E-state index contributed by atoms with van der Waals surface area (Å²) in [5, 5.41) is 8.53. The molecule has 0 aromatic rings. The molecular formula is C9H17F2NO. The lowest BCUT2D eigenvalue weighted by Gasteiger charge is -2.32. The molecular weight excluding hydrogens is 176 g/mol. The minimum Gasteiger partial charge on any atom is -0.396 e. The van der Waals surface area contributed by atoms with Gasteiger partial charge >= 0.3 is 0 Å². The van der Waals surface area contributed by atoms with Crippen LogP contribution in [0.1, 0.15) is 25.7 Å². The number of alkyl halides is 2. The largest absolute Gasteiger partial charge is 0.396 e. The second-order valence-electron chi connectivity index (χ2n) is 3.67. The third kappa shape index (κ3) is 4.00. The van der Waals surface area contributed by atoms with Crippen LogP contribution in [0.2, 0.25) is 0 Å². The number of hydrogen-bond donors (Lipinski definition) is 1. The SMILES string of the molecule is OCCCCN1CCCC(F)(F)C1. The fourth-order valence-corrected chi connectivity index (χ4v) is 1.68. The summed E-state index contributed by atoms with van der Waals surface area (Å²) < 4.78 is 25.7. The van der Waals surface area contributed by atoms with Gasteiger partial charge in [0.1, 0.15) is 0 Å². The normalized spacial score (nSPS) is 23.3. The van der Waals surface area contributed by atoms with Gasteiger partial charge in [0.05, 0.1) is 6.54 Å². The lowest BCUT2D eigenvalue weighted by atomic mass is 10.1. The van der Waals surface area contributed by atoms with Crippen molar-refractivity contribution in [3.05, 3.63) is 0 Å². The Hall–Kier alpha value is -0.220. The van der Waals surface area contributed by atoms with Crippen molar-refractivity contribution >= 4 is 0 Å². The first-order valence-corrected chi connectivity index (χ1v) is 4.85. The van der Waals surface area contributed by atoms with Gasteiger partial charge in [-0.1, -0.05) is 0 Å². The van der Waals surface area contributed by atoms with Crippen molar-refractivity contribution in [2.45, 2.75) is 31.6 Å². The molecule has 1 aliphatic rings. The molecule has 0 aromatic carbocycles. The third-order valence-corrected chi connectivity index (χ3v) is 2.35. The number of halogens is 2. The fraction of sp³-hybridized carbons (Fsp3) is 1.00. The molecule has 78 valence electrons. The van der Waals surface area contributed by atoms with Crippen LogP contribution in [0.15, 0.2) is 0 Å². The highest BCUT2D eigenvalue weighted by molar-refractivity contribution is 4.78. The van der Waals surface area contributed by atoms with E-state index in [-0.39, 0.29) is 19.6 Å². The van der Waals surface area contributed by atoms with E-state index < -0.39 is 5.92 Å². The Morgan fingerprint density at radius 2 is 2.08 bits per heavy atom. The van der Waals surface area contributed by atoms with E-state index in [0.29, 0.717) is 19.4 Å². The van der Waals surface area contributed by atoms with Crippen LogP contribution in [0.5, 0.6) is 0 Å². The Kier molecular flexibility index (Phi) is 4.06. The van der Waals surface area contributed by atoms with E-state index in [1.807, 2.05) is 0 Å². The molecule has 0 saturated carbocycles. The second-order valence-corrected chi connectivity index (χ2v) is 3.67. The van der Waals surface area contributed by atoms with E-state index in [1.165, 1.54) is 0 Å². The number of aliphatic hydroxyl groups excluding tert-OH is 1. The zero-order chi connectivity index (χ0) is 9.73. The van der Waals surface area contributed by atoms with Crippen LogP contribution in [0.3, 0.4) is 0 Å². The maximum absolute atomic E-state index is 12.9. The Labute approximate surface area is 77.5 Å².